The molecule has 21 heavy (non-hydrogen) atoms. The van der Waals surface area contributed by atoms with E-state index < -0.39 is 35.0 Å². The van der Waals surface area contributed by atoms with E-state index in [1.165, 1.54) is 17.5 Å². The highest BCUT2D eigenvalue weighted by atomic mass is 32.1. The molecular formula is C13H11FN2O4S. The van der Waals surface area contributed by atoms with E-state index in [4.69, 9.17) is 5.11 Å². The summed E-state index contributed by atoms with van der Waals surface area (Å²) >= 11 is 1.07. The van der Waals surface area contributed by atoms with E-state index in [1.54, 1.807) is 6.92 Å². The summed E-state index contributed by atoms with van der Waals surface area (Å²) in [4.78, 5) is 26.6. The Labute approximate surface area is 122 Å². The Morgan fingerprint density at radius 3 is 2.71 bits per heavy atom. The zero-order chi connectivity index (χ0) is 15.6. The van der Waals surface area contributed by atoms with Gasteiger partial charge in [0.15, 0.2) is 5.69 Å². The third-order valence-corrected chi connectivity index (χ3v) is 3.71. The zero-order valence-corrected chi connectivity index (χ0v) is 11.6. The molecule has 0 aliphatic carbocycles. The molecule has 1 heterocycles. The van der Waals surface area contributed by atoms with Crippen molar-refractivity contribution in [3.05, 3.63) is 45.7 Å². The monoisotopic (exact) mass is 310 g/mol. The molecule has 0 bridgehead atoms. The van der Waals surface area contributed by atoms with Crippen molar-refractivity contribution in [1.82, 2.24) is 10.3 Å². The van der Waals surface area contributed by atoms with Crippen molar-refractivity contribution in [1.29, 1.82) is 0 Å². The number of carbonyl (C=O) groups excluding carboxylic acids is 1. The number of carboxylic acid groups (broad SMARTS) is 1. The first-order valence-corrected chi connectivity index (χ1v) is 6.75. The van der Waals surface area contributed by atoms with E-state index in [-0.39, 0.29) is 5.69 Å². The number of aromatic carboxylic acids is 1. The van der Waals surface area contributed by atoms with Crippen LogP contribution in [0.25, 0.3) is 0 Å². The lowest BCUT2D eigenvalue weighted by Gasteiger charge is -2.12. The van der Waals surface area contributed by atoms with E-state index in [0.717, 1.165) is 17.4 Å². The number of aromatic nitrogens is 1. The van der Waals surface area contributed by atoms with E-state index >= 15 is 0 Å². The van der Waals surface area contributed by atoms with E-state index in [9.17, 15) is 19.1 Å². The Morgan fingerprint density at radius 1 is 1.43 bits per heavy atom. The molecule has 6 nitrogen and oxygen atoms in total. The van der Waals surface area contributed by atoms with Crippen molar-refractivity contribution in [3.8, 4) is 5.75 Å². The molecule has 0 saturated carbocycles. The fourth-order valence-corrected chi connectivity index (χ4v) is 2.45. The van der Waals surface area contributed by atoms with Crippen LogP contribution in [0, 0.1) is 5.82 Å². The lowest BCUT2D eigenvalue weighted by atomic mass is 10.1. The van der Waals surface area contributed by atoms with E-state index in [0.29, 0.717) is 5.01 Å². The molecule has 0 spiro atoms. The number of rotatable bonds is 4. The van der Waals surface area contributed by atoms with Crippen molar-refractivity contribution < 1.29 is 24.2 Å². The molecule has 3 N–H and O–H groups in total. The minimum Gasteiger partial charge on any atom is -0.507 e. The molecule has 1 aromatic carbocycles. The largest absolute Gasteiger partial charge is 0.507 e. The van der Waals surface area contributed by atoms with Crippen LogP contribution in [0.15, 0.2) is 23.6 Å². The van der Waals surface area contributed by atoms with Crippen LogP contribution in [0.3, 0.4) is 0 Å². The smallest absolute Gasteiger partial charge is 0.355 e. The Hall–Kier alpha value is -2.48. The molecule has 2 aromatic rings. The quantitative estimate of drug-likeness (QED) is 0.803. The Kier molecular flexibility index (Phi) is 4.18. The maximum Gasteiger partial charge on any atom is 0.355 e. The molecule has 8 heteroatoms. The number of carboxylic acids is 1. The van der Waals surface area contributed by atoms with Crippen molar-refractivity contribution in [3.63, 3.8) is 0 Å². The van der Waals surface area contributed by atoms with Crippen LogP contribution in [-0.4, -0.2) is 27.1 Å². The molecule has 0 aliphatic heterocycles. The van der Waals surface area contributed by atoms with Crippen LogP contribution in [0.2, 0.25) is 0 Å². The first-order valence-electron chi connectivity index (χ1n) is 5.87. The van der Waals surface area contributed by atoms with Gasteiger partial charge in [-0.2, -0.15) is 0 Å². The van der Waals surface area contributed by atoms with Gasteiger partial charge in [0, 0.05) is 5.38 Å². The van der Waals surface area contributed by atoms with Crippen LogP contribution < -0.4 is 5.32 Å². The van der Waals surface area contributed by atoms with E-state index in [1.807, 2.05) is 0 Å². The van der Waals surface area contributed by atoms with Crippen LogP contribution in [0.4, 0.5) is 4.39 Å². The minimum atomic E-state index is -1.16. The first kappa shape index (κ1) is 14.9. The zero-order valence-electron chi connectivity index (χ0n) is 10.8. The number of phenols is 1. The summed E-state index contributed by atoms with van der Waals surface area (Å²) < 4.78 is 13.6. The van der Waals surface area contributed by atoms with Gasteiger partial charge in [0.25, 0.3) is 5.91 Å². The summed E-state index contributed by atoms with van der Waals surface area (Å²) in [6.07, 6.45) is 0. The maximum atomic E-state index is 13.6. The number of amides is 1. The molecule has 0 saturated heterocycles. The number of hydrogen-bond donors (Lipinski definition) is 3. The van der Waals surface area contributed by atoms with Crippen LogP contribution in [-0.2, 0) is 0 Å². The SMILES string of the molecule is CC(NC(=O)c1c(O)cccc1F)c1nc(C(=O)O)cs1. The maximum absolute atomic E-state index is 13.6. The Morgan fingerprint density at radius 2 is 2.14 bits per heavy atom. The van der Waals surface area contributed by atoms with E-state index in [2.05, 4.69) is 10.3 Å². The van der Waals surface area contributed by atoms with Gasteiger partial charge in [0.1, 0.15) is 22.1 Å². The predicted octanol–water partition coefficient (Wildman–Crippen LogP) is 2.18. The molecule has 1 amide bonds. The number of halogens is 1. The second kappa shape index (κ2) is 5.88. The Bertz CT molecular complexity index is 681. The van der Waals surface area contributed by atoms with Crippen LogP contribution in [0.1, 0.15) is 38.8 Å². The molecule has 110 valence electrons. The minimum absolute atomic E-state index is 0.121. The molecule has 1 aromatic heterocycles. The van der Waals surface area contributed by atoms with Crippen molar-refractivity contribution in [2.45, 2.75) is 13.0 Å². The summed E-state index contributed by atoms with van der Waals surface area (Å²) in [6, 6.07) is 2.93. The lowest BCUT2D eigenvalue weighted by molar-refractivity contribution is 0.0691. The van der Waals surface area contributed by atoms with Crippen molar-refractivity contribution >= 4 is 23.2 Å². The van der Waals surface area contributed by atoms with Gasteiger partial charge in [0.2, 0.25) is 0 Å². The van der Waals surface area contributed by atoms with Crippen molar-refractivity contribution in [2.75, 3.05) is 0 Å². The van der Waals surface area contributed by atoms with Gasteiger partial charge in [-0.1, -0.05) is 6.07 Å². The highest BCUT2D eigenvalue weighted by molar-refractivity contribution is 7.09. The van der Waals surface area contributed by atoms with Gasteiger partial charge < -0.3 is 15.5 Å². The van der Waals surface area contributed by atoms with Gasteiger partial charge in [-0.05, 0) is 19.1 Å². The Balaban J connectivity index is 2.17. The molecule has 0 radical (unpaired) electrons. The van der Waals surface area contributed by atoms with Gasteiger partial charge in [0.05, 0.1) is 6.04 Å². The fourth-order valence-electron chi connectivity index (χ4n) is 1.65. The van der Waals surface area contributed by atoms with Crippen LogP contribution >= 0.6 is 11.3 Å². The summed E-state index contributed by atoms with van der Waals surface area (Å²) in [5, 5.41) is 22.5. The molecule has 2 rings (SSSR count). The van der Waals surface area contributed by atoms with Gasteiger partial charge >= 0.3 is 5.97 Å². The predicted molar refractivity (Wildman–Crippen MR) is 73.0 cm³/mol. The number of aromatic hydroxyl groups is 1. The summed E-state index contributed by atoms with van der Waals surface area (Å²) in [5.41, 5.74) is -0.579. The second-order valence-corrected chi connectivity index (χ2v) is 5.09. The topological polar surface area (TPSA) is 99.5 Å². The third kappa shape index (κ3) is 3.16. The molecular weight excluding hydrogens is 299 g/mol. The number of nitrogens with zero attached hydrogens (tertiary/aromatic N) is 1. The third-order valence-electron chi connectivity index (χ3n) is 2.68. The van der Waals surface area contributed by atoms with Crippen LogP contribution in [0.5, 0.6) is 5.75 Å². The number of benzene rings is 1. The average molecular weight is 310 g/mol. The summed E-state index contributed by atoms with van der Waals surface area (Å²) in [5.74, 6) is -3.27. The number of thiazole rings is 1. The second-order valence-electron chi connectivity index (χ2n) is 4.21. The average Bonchev–Trinajstić information content (AvgIpc) is 2.88. The lowest BCUT2D eigenvalue weighted by Crippen LogP contribution is -2.27. The van der Waals surface area contributed by atoms with Gasteiger partial charge in [-0.3, -0.25) is 4.79 Å². The van der Waals surface area contributed by atoms with Gasteiger partial charge in [-0.25, -0.2) is 14.2 Å². The standard InChI is InChI=1S/C13H11FN2O4S/c1-6(12-16-8(5-21-12)13(19)20)15-11(18)10-7(14)3-2-4-9(10)17/h2-6,17H,1H3,(H,15,18)(H,19,20). The molecule has 0 aliphatic rings. The number of phenolic OH excluding ortho intramolecular Hbond substituents is 1. The van der Waals surface area contributed by atoms with Gasteiger partial charge in [-0.15, -0.1) is 11.3 Å². The fraction of sp³-hybridized carbons (Fsp3) is 0.154. The highest BCUT2D eigenvalue weighted by Gasteiger charge is 2.21. The molecule has 1 unspecified atom stereocenters. The number of nitrogens with one attached hydrogen (secondary N) is 1. The first-order chi connectivity index (χ1) is 9.90. The highest BCUT2D eigenvalue weighted by Crippen LogP contribution is 2.22. The number of carbonyl (C=O) groups is 2. The summed E-state index contributed by atoms with van der Waals surface area (Å²) in [7, 11) is 0. The molecule has 0 fully saturated rings. The summed E-state index contributed by atoms with van der Waals surface area (Å²) in [6.45, 7) is 1.58. The van der Waals surface area contributed by atoms with Crippen molar-refractivity contribution in [2.24, 2.45) is 0 Å². The number of hydrogen-bond acceptors (Lipinski definition) is 5. The molecule has 1 atom stereocenters. The normalized spacial score (nSPS) is 11.9.